The maximum atomic E-state index is 8.93. The number of aliphatic hydroxyl groups is 1. The predicted octanol–water partition coefficient (Wildman–Crippen LogP) is 3.31. The quantitative estimate of drug-likeness (QED) is 0.422. The van der Waals surface area contributed by atoms with Crippen LogP contribution in [0.3, 0.4) is 0 Å². The van der Waals surface area contributed by atoms with Gasteiger partial charge in [0.2, 0.25) is 0 Å². The van der Waals surface area contributed by atoms with Crippen molar-refractivity contribution in [3.8, 4) is 11.5 Å². The number of guanidine groups is 1. The van der Waals surface area contributed by atoms with Gasteiger partial charge in [-0.25, -0.2) is 4.99 Å². The van der Waals surface area contributed by atoms with Crippen molar-refractivity contribution >= 4 is 5.96 Å². The SMILES string of the molecule is CCNC(=NCc1ccc(OCCO)c(OC)c1)NC(C)C(C)c1ccccc1. The first-order chi connectivity index (χ1) is 14.1. The monoisotopic (exact) mass is 399 g/mol. The van der Waals surface area contributed by atoms with E-state index in [1.54, 1.807) is 7.11 Å². The molecular formula is C23H33N3O3. The molecule has 0 aliphatic rings. The van der Waals surface area contributed by atoms with Gasteiger partial charge in [-0.2, -0.15) is 0 Å². The number of rotatable bonds is 10. The molecule has 2 unspecified atom stereocenters. The molecule has 0 aromatic heterocycles. The minimum atomic E-state index is -0.0352. The van der Waals surface area contributed by atoms with E-state index in [0.29, 0.717) is 24.0 Å². The fraction of sp³-hybridized carbons (Fsp3) is 0.435. The summed E-state index contributed by atoms with van der Waals surface area (Å²) < 4.78 is 10.9. The Hall–Kier alpha value is -2.73. The summed E-state index contributed by atoms with van der Waals surface area (Å²) in [6.45, 7) is 7.94. The van der Waals surface area contributed by atoms with Crippen LogP contribution in [0.4, 0.5) is 0 Å². The van der Waals surface area contributed by atoms with Gasteiger partial charge in [-0.3, -0.25) is 0 Å². The molecule has 0 saturated heterocycles. The van der Waals surface area contributed by atoms with Crippen molar-refractivity contribution in [2.75, 3.05) is 26.9 Å². The molecule has 158 valence electrons. The van der Waals surface area contributed by atoms with Crippen LogP contribution < -0.4 is 20.1 Å². The third-order valence-corrected chi connectivity index (χ3v) is 4.78. The van der Waals surface area contributed by atoms with Gasteiger partial charge in [-0.1, -0.05) is 43.3 Å². The second-order valence-corrected chi connectivity index (χ2v) is 6.88. The van der Waals surface area contributed by atoms with Crippen LogP contribution in [0.2, 0.25) is 0 Å². The first-order valence-corrected chi connectivity index (χ1v) is 10.1. The van der Waals surface area contributed by atoms with Crippen LogP contribution in [0.5, 0.6) is 11.5 Å². The number of nitrogens with one attached hydrogen (secondary N) is 2. The van der Waals surface area contributed by atoms with Crippen LogP contribution in [0.25, 0.3) is 0 Å². The van der Waals surface area contributed by atoms with E-state index in [4.69, 9.17) is 19.6 Å². The normalized spacial score (nSPS) is 13.5. The lowest BCUT2D eigenvalue weighted by molar-refractivity contribution is 0.196. The number of methoxy groups -OCH3 is 1. The van der Waals surface area contributed by atoms with Gasteiger partial charge in [-0.05, 0) is 37.1 Å². The molecule has 29 heavy (non-hydrogen) atoms. The van der Waals surface area contributed by atoms with Gasteiger partial charge in [0.1, 0.15) is 6.61 Å². The highest BCUT2D eigenvalue weighted by Gasteiger charge is 2.15. The first kappa shape index (κ1) is 22.6. The van der Waals surface area contributed by atoms with Gasteiger partial charge in [0.15, 0.2) is 17.5 Å². The van der Waals surface area contributed by atoms with Crippen LogP contribution in [-0.2, 0) is 6.54 Å². The Morgan fingerprint density at radius 2 is 1.86 bits per heavy atom. The number of aliphatic imine (C=N–C) groups is 1. The molecule has 0 aliphatic carbocycles. The highest BCUT2D eigenvalue weighted by molar-refractivity contribution is 5.80. The zero-order valence-electron chi connectivity index (χ0n) is 17.8. The molecule has 2 rings (SSSR count). The maximum absolute atomic E-state index is 8.93. The smallest absolute Gasteiger partial charge is 0.191 e. The summed E-state index contributed by atoms with van der Waals surface area (Å²) in [6.07, 6.45) is 0. The zero-order valence-corrected chi connectivity index (χ0v) is 17.8. The molecule has 0 bridgehead atoms. The number of benzene rings is 2. The molecule has 0 fully saturated rings. The van der Waals surface area contributed by atoms with Gasteiger partial charge < -0.3 is 25.2 Å². The van der Waals surface area contributed by atoms with Crippen LogP contribution >= 0.6 is 0 Å². The fourth-order valence-corrected chi connectivity index (χ4v) is 2.96. The van der Waals surface area contributed by atoms with E-state index in [2.05, 4.69) is 55.7 Å². The van der Waals surface area contributed by atoms with E-state index in [9.17, 15) is 0 Å². The van der Waals surface area contributed by atoms with E-state index in [1.165, 1.54) is 5.56 Å². The van der Waals surface area contributed by atoms with Crippen molar-refractivity contribution in [1.29, 1.82) is 0 Å². The summed E-state index contributed by atoms with van der Waals surface area (Å²) in [7, 11) is 1.60. The van der Waals surface area contributed by atoms with Crippen LogP contribution in [0, 0.1) is 0 Å². The van der Waals surface area contributed by atoms with Crippen molar-refractivity contribution in [1.82, 2.24) is 10.6 Å². The molecule has 3 N–H and O–H groups in total. The van der Waals surface area contributed by atoms with Crippen molar-refractivity contribution in [2.45, 2.75) is 39.3 Å². The second-order valence-electron chi connectivity index (χ2n) is 6.88. The lowest BCUT2D eigenvalue weighted by Crippen LogP contribution is -2.44. The summed E-state index contributed by atoms with van der Waals surface area (Å²) in [5.74, 6) is 2.38. The average molecular weight is 400 g/mol. The number of hydrogen-bond acceptors (Lipinski definition) is 4. The van der Waals surface area contributed by atoms with E-state index < -0.39 is 0 Å². The minimum absolute atomic E-state index is 0.0352. The van der Waals surface area contributed by atoms with Gasteiger partial charge in [-0.15, -0.1) is 0 Å². The van der Waals surface area contributed by atoms with Crippen LogP contribution in [0.15, 0.2) is 53.5 Å². The number of ether oxygens (including phenoxy) is 2. The van der Waals surface area contributed by atoms with E-state index in [-0.39, 0.29) is 19.3 Å². The van der Waals surface area contributed by atoms with E-state index in [0.717, 1.165) is 18.1 Å². The van der Waals surface area contributed by atoms with Crippen molar-refractivity contribution in [3.05, 3.63) is 59.7 Å². The Kier molecular flexibility index (Phi) is 9.31. The van der Waals surface area contributed by atoms with Crippen LogP contribution in [0.1, 0.15) is 37.8 Å². The van der Waals surface area contributed by atoms with Crippen LogP contribution in [-0.4, -0.2) is 44.0 Å². The Labute approximate surface area is 174 Å². The Morgan fingerprint density at radius 1 is 1.10 bits per heavy atom. The van der Waals surface area contributed by atoms with Gasteiger partial charge in [0.25, 0.3) is 0 Å². The van der Waals surface area contributed by atoms with E-state index >= 15 is 0 Å². The molecule has 0 aliphatic heterocycles. The number of aliphatic hydroxyl groups excluding tert-OH is 1. The molecule has 6 heteroatoms. The highest BCUT2D eigenvalue weighted by Crippen LogP contribution is 2.28. The summed E-state index contributed by atoms with van der Waals surface area (Å²) in [5.41, 5.74) is 2.31. The van der Waals surface area contributed by atoms with Crippen molar-refractivity contribution in [3.63, 3.8) is 0 Å². The summed E-state index contributed by atoms with van der Waals surface area (Å²) >= 11 is 0. The lowest BCUT2D eigenvalue weighted by Gasteiger charge is -2.24. The van der Waals surface area contributed by atoms with Gasteiger partial charge in [0, 0.05) is 18.5 Å². The second kappa shape index (κ2) is 12.0. The molecule has 0 heterocycles. The predicted molar refractivity (Wildman–Crippen MR) is 118 cm³/mol. The average Bonchev–Trinajstić information content (AvgIpc) is 2.76. The molecule has 0 spiro atoms. The number of nitrogens with zero attached hydrogens (tertiary/aromatic N) is 1. The Bertz CT molecular complexity index is 765. The molecule has 2 atom stereocenters. The Balaban J connectivity index is 2.06. The topological polar surface area (TPSA) is 75.1 Å². The van der Waals surface area contributed by atoms with Gasteiger partial charge >= 0.3 is 0 Å². The number of hydrogen-bond donors (Lipinski definition) is 3. The molecule has 2 aromatic carbocycles. The highest BCUT2D eigenvalue weighted by atomic mass is 16.5. The molecule has 2 aromatic rings. The third kappa shape index (κ3) is 6.98. The summed E-state index contributed by atoms with van der Waals surface area (Å²) in [4.78, 5) is 4.73. The summed E-state index contributed by atoms with van der Waals surface area (Å²) in [6, 6.07) is 16.4. The fourth-order valence-electron chi connectivity index (χ4n) is 2.96. The molecule has 0 saturated carbocycles. The molecule has 0 radical (unpaired) electrons. The zero-order chi connectivity index (χ0) is 21.1. The van der Waals surface area contributed by atoms with Crippen molar-refractivity contribution < 1.29 is 14.6 Å². The molecule has 0 amide bonds. The largest absolute Gasteiger partial charge is 0.493 e. The first-order valence-electron chi connectivity index (χ1n) is 10.1. The third-order valence-electron chi connectivity index (χ3n) is 4.78. The standard InChI is InChI=1S/C23H33N3O3/c1-5-24-23(26-18(3)17(2)20-9-7-6-8-10-20)25-16-19-11-12-21(29-14-13-27)22(15-19)28-4/h6-12,15,17-18,27H,5,13-14,16H2,1-4H3,(H2,24,25,26). The lowest BCUT2D eigenvalue weighted by atomic mass is 9.94. The Morgan fingerprint density at radius 3 is 2.52 bits per heavy atom. The van der Waals surface area contributed by atoms with E-state index in [1.807, 2.05) is 24.3 Å². The van der Waals surface area contributed by atoms with Gasteiger partial charge in [0.05, 0.1) is 20.3 Å². The summed E-state index contributed by atoms with van der Waals surface area (Å²) in [5, 5.41) is 15.8. The molecule has 6 nitrogen and oxygen atoms in total. The maximum Gasteiger partial charge on any atom is 0.191 e. The van der Waals surface area contributed by atoms with Crippen molar-refractivity contribution in [2.24, 2.45) is 4.99 Å². The molecular weight excluding hydrogens is 366 g/mol. The minimum Gasteiger partial charge on any atom is -0.493 e.